The molecule has 4 heteroatoms. The van der Waals surface area contributed by atoms with Crippen molar-refractivity contribution in [1.82, 2.24) is 9.88 Å². The van der Waals surface area contributed by atoms with Crippen molar-refractivity contribution in [1.29, 1.82) is 0 Å². The SMILES string of the molecule is CCC(CC)(C(N)Cc1nccs1)N(C)C. The van der Waals surface area contributed by atoms with E-state index in [0.717, 1.165) is 24.3 Å². The maximum atomic E-state index is 6.39. The molecule has 1 rings (SSSR count). The summed E-state index contributed by atoms with van der Waals surface area (Å²) >= 11 is 1.69. The van der Waals surface area contributed by atoms with Crippen molar-refractivity contribution in [2.45, 2.75) is 44.7 Å². The van der Waals surface area contributed by atoms with Gasteiger partial charge in [-0.05, 0) is 26.9 Å². The number of hydrogen-bond acceptors (Lipinski definition) is 4. The molecule has 0 spiro atoms. The van der Waals surface area contributed by atoms with Crippen molar-refractivity contribution >= 4 is 11.3 Å². The minimum Gasteiger partial charge on any atom is -0.326 e. The molecule has 1 aromatic heterocycles. The van der Waals surface area contributed by atoms with Gasteiger partial charge in [-0.15, -0.1) is 11.3 Å². The molecule has 92 valence electrons. The summed E-state index contributed by atoms with van der Waals surface area (Å²) in [6.07, 6.45) is 4.87. The van der Waals surface area contributed by atoms with Gasteiger partial charge < -0.3 is 10.6 Å². The average Bonchev–Trinajstić information content (AvgIpc) is 2.72. The second-order valence-electron chi connectivity index (χ2n) is 4.44. The topological polar surface area (TPSA) is 42.1 Å². The zero-order valence-corrected chi connectivity index (χ0v) is 11.5. The molecule has 0 aliphatic rings. The lowest BCUT2D eigenvalue weighted by atomic mass is 9.82. The predicted molar refractivity (Wildman–Crippen MR) is 70.8 cm³/mol. The molecule has 1 aromatic rings. The Morgan fingerprint density at radius 1 is 1.44 bits per heavy atom. The molecule has 0 amide bonds. The van der Waals surface area contributed by atoms with Crippen molar-refractivity contribution in [3.63, 3.8) is 0 Å². The number of hydrogen-bond donors (Lipinski definition) is 1. The average molecular weight is 241 g/mol. The summed E-state index contributed by atoms with van der Waals surface area (Å²) in [4.78, 5) is 6.59. The molecule has 0 aromatic carbocycles. The molecular weight excluding hydrogens is 218 g/mol. The number of thiazole rings is 1. The highest BCUT2D eigenvalue weighted by Crippen LogP contribution is 2.27. The van der Waals surface area contributed by atoms with Crippen LogP contribution < -0.4 is 5.73 Å². The summed E-state index contributed by atoms with van der Waals surface area (Å²) in [5.41, 5.74) is 6.48. The molecule has 0 saturated carbocycles. The van der Waals surface area contributed by atoms with Crippen molar-refractivity contribution in [3.05, 3.63) is 16.6 Å². The normalized spacial score (nSPS) is 14.4. The van der Waals surface area contributed by atoms with Crippen LogP contribution in [0.4, 0.5) is 0 Å². The summed E-state index contributed by atoms with van der Waals surface area (Å²) < 4.78 is 0. The second-order valence-corrected chi connectivity index (χ2v) is 5.42. The van der Waals surface area contributed by atoms with E-state index in [1.54, 1.807) is 11.3 Å². The fourth-order valence-electron chi connectivity index (χ4n) is 2.47. The van der Waals surface area contributed by atoms with Gasteiger partial charge in [0.15, 0.2) is 0 Å². The third-order valence-electron chi connectivity index (χ3n) is 3.68. The summed E-state index contributed by atoms with van der Waals surface area (Å²) in [6, 6.07) is 0.142. The lowest BCUT2D eigenvalue weighted by molar-refractivity contribution is 0.105. The van der Waals surface area contributed by atoms with Gasteiger partial charge in [-0.3, -0.25) is 0 Å². The molecule has 0 aliphatic carbocycles. The third kappa shape index (κ3) is 2.62. The van der Waals surface area contributed by atoms with Crippen LogP contribution in [0.5, 0.6) is 0 Å². The first-order valence-electron chi connectivity index (χ1n) is 5.88. The molecule has 0 radical (unpaired) electrons. The Hall–Kier alpha value is -0.450. The van der Waals surface area contributed by atoms with Crippen molar-refractivity contribution in [2.75, 3.05) is 14.1 Å². The van der Waals surface area contributed by atoms with Crippen LogP contribution in [0.25, 0.3) is 0 Å². The van der Waals surface area contributed by atoms with Gasteiger partial charge >= 0.3 is 0 Å². The van der Waals surface area contributed by atoms with E-state index in [9.17, 15) is 0 Å². The Kier molecular flexibility index (Phi) is 4.89. The smallest absolute Gasteiger partial charge is 0.0940 e. The fraction of sp³-hybridized carbons (Fsp3) is 0.750. The lowest BCUT2D eigenvalue weighted by Gasteiger charge is -2.43. The van der Waals surface area contributed by atoms with Crippen LogP contribution in [-0.4, -0.2) is 35.6 Å². The molecule has 1 heterocycles. The molecule has 16 heavy (non-hydrogen) atoms. The van der Waals surface area contributed by atoms with E-state index < -0.39 is 0 Å². The van der Waals surface area contributed by atoms with E-state index in [0.29, 0.717) is 0 Å². The fourth-order valence-corrected chi connectivity index (χ4v) is 3.15. The number of likely N-dealkylation sites (N-methyl/N-ethyl adjacent to an activating group) is 1. The van der Waals surface area contributed by atoms with E-state index in [1.165, 1.54) is 0 Å². The Labute approximate surface area is 103 Å². The number of nitrogens with two attached hydrogens (primary N) is 1. The molecule has 1 atom stereocenters. The zero-order chi connectivity index (χ0) is 12.2. The first-order chi connectivity index (χ1) is 7.56. The molecule has 2 N–H and O–H groups in total. The van der Waals surface area contributed by atoms with Gasteiger partial charge in [-0.2, -0.15) is 0 Å². The van der Waals surface area contributed by atoms with Crippen LogP contribution in [0.2, 0.25) is 0 Å². The van der Waals surface area contributed by atoms with E-state index in [2.05, 4.69) is 37.8 Å². The Morgan fingerprint density at radius 3 is 2.44 bits per heavy atom. The zero-order valence-electron chi connectivity index (χ0n) is 10.7. The van der Waals surface area contributed by atoms with E-state index in [1.807, 2.05) is 11.6 Å². The number of rotatable bonds is 6. The molecule has 0 bridgehead atoms. The van der Waals surface area contributed by atoms with E-state index in [-0.39, 0.29) is 11.6 Å². The van der Waals surface area contributed by atoms with Crippen LogP contribution >= 0.6 is 11.3 Å². The van der Waals surface area contributed by atoms with Crippen LogP contribution in [-0.2, 0) is 6.42 Å². The summed E-state index contributed by atoms with van der Waals surface area (Å²) in [7, 11) is 4.24. The van der Waals surface area contributed by atoms with Crippen molar-refractivity contribution in [2.24, 2.45) is 5.73 Å². The van der Waals surface area contributed by atoms with Gasteiger partial charge in [-0.1, -0.05) is 13.8 Å². The highest BCUT2D eigenvalue weighted by atomic mass is 32.1. The van der Waals surface area contributed by atoms with Crippen LogP contribution in [0.1, 0.15) is 31.7 Å². The predicted octanol–water partition coefficient (Wildman–Crippen LogP) is 2.13. The Bertz CT molecular complexity index is 291. The van der Waals surface area contributed by atoms with Gasteiger partial charge in [-0.25, -0.2) is 4.98 Å². The Balaban J connectivity index is 2.78. The molecule has 0 fully saturated rings. The quantitative estimate of drug-likeness (QED) is 0.829. The van der Waals surface area contributed by atoms with Crippen molar-refractivity contribution in [3.8, 4) is 0 Å². The van der Waals surface area contributed by atoms with Gasteiger partial charge in [0, 0.05) is 29.6 Å². The molecular formula is C12H23N3S. The maximum Gasteiger partial charge on any atom is 0.0940 e. The molecule has 1 unspecified atom stereocenters. The van der Waals surface area contributed by atoms with Crippen LogP contribution in [0.15, 0.2) is 11.6 Å². The lowest BCUT2D eigenvalue weighted by Crippen LogP contribution is -2.57. The first-order valence-corrected chi connectivity index (χ1v) is 6.76. The first kappa shape index (κ1) is 13.6. The maximum absolute atomic E-state index is 6.39. The number of aromatic nitrogens is 1. The standard InChI is InChI=1S/C12H23N3S/c1-5-12(6-2,15(3)4)10(13)9-11-14-7-8-16-11/h7-8,10H,5-6,9,13H2,1-4H3. The van der Waals surface area contributed by atoms with Gasteiger partial charge in [0.05, 0.1) is 5.01 Å². The van der Waals surface area contributed by atoms with Crippen LogP contribution in [0, 0.1) is 0 Å². The van der Waals surface area contributed by atoms with Crippen molar-refractivity contribution < 1.29 is 0 Å². The summed E-state index contributed by atoms with van der Waals surface area (Å²) in [6.45, 7) is 4.43. The third-order valence-corrected chi connectivity index (χ3v) is 4.49. The Morgan fingerprint density at radius 2 is 2.06 bits per heavy atom. The minimum atomic E-state index is 0.0890. The van der Waals surface area contributed by atoms with Gasteiger partial charge in [0.2, 0.25) is 0 Å². The van der Waals surface area contributed by atoms with Crippen LogP contribution in [0.3, 0.4) is 0 Å². The summed E-state index contributed by atoms with van der Waals surface area (Å²) in [5, 5.41) is 3.15. The van der Waals surface area contributed by atoms with Gasteiger partial charge in [0.1, 0.15) is 0 Å². The summed E-state index contributed by atoms with van der Waals surface area (Å²) in [5.74, 6) is 0. The second kappa shape index (κ2) is 5.75. The largest absolute Gasteiger partial charge is 0.326 e. The highest BCUT2D eigenvalue weighted by Gasteiger charge is 2.35. The molecule has 0 aliphatic heterocycles. The van der Waals surface area contributed by atoms with E-state index >= 15 is 0 Å². The highest BCUT2D eigenvalue weighted by molar-refractivity contribution is 7.09. The molecule has 3 nitrogen and oxygen atoms in total. The minimum absolute atomic E-state index is 0.0890. The molecule has 0 saturated heterocycles. The number of nitrogens with zero attached hydrogens (tertiary/aromatic N) is 2. The van der Waals surface area contributed by atoms with Gasteiger partial charge in [0.25, 0.3) is 0 Å². The van der Waals surface area contributed by atoms with E-state index in [4.69, 9.17) is 5.73 Å². The monoisotopic (exact) mass is 241 g/mol.